The standard InChI is InChI=1S/C14H18N6O.C7H6O3/c15-14-18-12(17-9-2-3-9)11-13(19-14)20(7-16-11)10-4-1-8(5-10)6-21;8-6-4-2-1-3-5(6)7(9)10/h1,4,7-10,21H,2-3,5-6H2,(H3,15,17,18,19);1-4,8H,(H,9,10). The Morgan fingerprint density at radius 1 is 1.23 bits per heavy atom. The van der Waals surface area contributed by atoms with E-state index in [2.05, 4.69) is 26.3 Å². The van der Waals surface area contributed by atoms with Crippen molar-refractivity contribution in [3.63, 3.8) is 0 Å². The van der Waals surface area contributed by atoms with E-state index in [0.29, 0.717) is 6.04 Å². The van der Waals surface area contributed by atoms with Crippen LogP contribution in [0.1, 0.15) is 35.7 Å². The molecule has 5 rings (SSSR count). The third-order valence-electron chi connectivity index (χ3n) is 5.23. The van der Waals surface area contributed by atoms with E-state index < -0.39 is 5.97 Å². The fourth-order valence-corrected chi connectivity index (χ4v) is 3.45. The van der Waals surface area contributed by atoms with E-state index in [0.717, 1.165) is 36.2 Å². The number of allylic oxidation sites excluding steroid dienone is 1. The molecule has 0 amide bonds. The Labute approximate surface area is 178 Å². The number of imidazole rings is 1. The van der Waals surface area contributed by atoms with Crippen LogP contribution in [0.2, 0.25) is 0 Å². The zero-order valence-corrected chi connectivity index (χ0v) is 16.7. The summed E-state index contributed by atoms with van der Waals surface area (Å²) in [7, 11) is 0. The van der Waals surface area contributed by atoms with Crippen molar-refractivity contribution in [3.8, 4) is 5.75 Å². The predicted octanol–water partition coefficient (Wildman–Crippen LogP) is 2.18. The Morgan fingerprint density at radius 2 is 2.00 bits per heavy atom. The lowest BCUT2D eigenvalue weighted by Gasteiger charge is -2.13. The van der Waals surface area contributed by atoms with Crippen LogP contribution in [-0.4, -0.2) is 53.5 Å². The monoisotopic (exact) mass is 424 g/mol. The van der Waals surface area contributed by atoms with Crippen molar-refractivity contribution in [2.45, 2.75) is 31.3 Å². The lowest BCUT2D eigenvalue weighted by molar-refractivity contribution is 0.0693. The van der Waals surface area contributed by atoms with E-state index >= 15 is 0 Å². The van der Waals surface area contributed by atoms with Crippen molar-refractivity contribution < 1.29 is 20.1 Å². The number of hydrogen-bond acceptors (Lipinski definition) is 8. The molecule has 2 unspecified atom stereocenters. The highest BCUT2D eigenvalue weighted by Gasteiger charge is 2.26. The summed E-state index contributed by atoms with van der Waals surface area (Å²) >= 11 is 0. The summed E-state index contributed by atoms with van der Waals surface area (Å²) in [6.07, 6.45) is 9.10. The molecule has 2 aromatic heterocycles. The van der Waals surface area contributed by atoms with Gasteiger partial charge in [0.1, 0.15) is 11.3 Å². The number of aliphatic hydroxyl groups is 1. The van der Waals surface area contributed by atoms with Gasteiger partial charge in [-0.15, -0.1) is 0 Å². The second-order valence-electron chi connectivity index (χ2n) is 7.63. The minimum atomic E-state index is -1.11. The number of rotatable bonds is 5. The average molecular weight is 424 g/mol. The molecular weight excluding hydrogens is 400 g/mol. The molecular formula is C21H24N6O4. The number of carbonyl (C=O) groups is 1. The third kappa shape index (κ3) is 4.58. The minimum absolute atomic E-state index is 0.0671. The molecule has 10 heteroatoms. The summed E-state index contributed by atoms with van der Waals surface area (Å²) in [5.41, 5.74) is 7.28. The molecule has 0 radical (unpaired) electrons. The van der Waals surface area contributed by atoms with Gasteiger partial charge in [0.2, 0.25) is 5.95 Å². The molecule has 162 valence electrons. The van der Waals surface area contributed by atoms with Gasteiger partial charge in [-0.3, -0.25) is 0 Å². The van der Waals surface area contributed by atoms with Crippen LogP contribution in [0.3, 0.4) is 0 Å². The first-order chi connectivity index (χ1) is 15.0. The van der Waals surface area contributed by atoms with Crippen LogP contribution >= 0.6 is 0 Å². The molecule has 1 saturated carbocycles. The van der Waals surface area contributed by atoms with Gasteiger partial charge < -0.3 is 30.9 Å². The van der Waals surface area contributed by atoms with Crippen LogP contribution in [0.4, 0.5) is 11.8 Å². The molecule has 6 N–H and O–H groups in total. The first-order valence-corrected chi connectivity index (χ1v) is 10.0. The van der Waals surface area contributed by atoms with Crippen LogP contribution in [-0.2, 0) is 0 Å². The molecule has 0 bridgehead atoms. The number of para-hydroxylation sites is 1. The second kappa shape index (κ2) is 8.60. The van der Waals surface area contributed by atoms with Gasteiger partial charge in [-0.05, 0) is 31.4 Å². The van der Waals surface area contributed by atoms with E-state index in [9.17, 15) is 9.90 Å². The molecule has 0 spiro atoms. The molecule has 3 aromatic rings. The van der Waals surface area contributed by atoms with Gasteiger partial charge in [0.25, 0.3) is 0 Å². The van der Waals surface area contributed by atoms with Crippen molar-refractivity contribution >= 4 is 28.9 Å². The van der Waals surface area contributed by atoms with Crippen LogP contribution < -0.4 is 11.1 Å². The number of nitrogen functional groups attached to an aromatic ring is 1. The third-order valence-corrected chi connectivity index (χ3v) is 5.23. The number of anilines is 2. The summed E-state index contributed by atoms with van der Waals surface area (Å²) in [6, 6.07) is 6.46. The lowest BCUT2D eigenvalue weighted by atomic mass is 10.1. The van der Waals surface area contributed by atoms with Crippen LogP contribution in [0.5, 0.6) is 5.75 Å². The Hall–Kier alpha value is -3.66. The van der Waals surface area contributed by atoms with E-state index in [-0.39, 0.29) is 35.8 Å². The Bertz CT molecular complexity index is 1120. The zero-order valence-electron chi connectivity index (χ0n) is 16.7. The summed E-state index contributed by atoms with van der Waals surface area (Å²) in [4.78, 5) is 23.3. The molecule has 31 heavy (non-hydrogen) atoms. The van der Waals surface area contributed by atoms with Gasteiger partial charge in [0.05, 0.1) is 12.4 Å². The van der Waals surface area contributed by atoms with Gasteiger partial charge in [-0.2, -0.15) is 9.97 Å². The van der Waals surface area contributed by atoms with Crippen molar-refractivity contribution in [2.75, 3.05) is 17.7 Å². The molecule has 0 saturated heterocycles. The highest BCUT2D eigenvalue weighted by molar-refractivity contribution is 5.90. The number of nitrogens with one attached hydrogen (secondary N) is 1. The van der Waals surface area contributed by atoms with E-state index in [1.165, 1.54) is 12.1 Å². The number of benzene rings is 1. The second-order valence-corrected chi connectivity index (χ2v) is 7.63. The normalized spacial score (nSPS) is 19.8. The minimum Gasteiger partial charge on any atom is -0.507 e. The maximum absolute atomic E-state index is 10.3. The number of nitrogens with zero attached hydrogens (tertiary/aromatic N) is 4. The zero-order chi connectivity index (χ0) is 22.0. The molecule has 1 fully saturated rings. The molecule has 2 atom stereocenters. The number of fused-ring (bicyclic) bond motifs is 1. The van der Waals surface area contributed by atoms with Gasteiger partial charge in [0, 0.05) is 18.6 Å². The Balaban J connectivity index is 0.000000196. The van der Waals surface area contributed by atoms with Crippen LogP contribution in [0, 0.1) is 5.92 Å². The number of phenols is 1. The highest BCUT2D eigenvalue weighted by atomic mass is 16.4. The first-order valence-electron chi connectivity index (χ1n) is 10.0. The molecule has 2 heterocycles. The number of aromatic hydroxyl groups is 1. The number of aromatic nitrogens is 4. The maximum Gasteiger partial charge on any atom is 0.339 e. The molecule has 0 aliphatic heterocycles. The van der Waals surface area contributed by atoms with Crippen molar-refractivity contribution in [3.05, 3.63) is 48.3 Å². The maximum atomic E-state index is 10.3. The first kappa shape index (κ1) is 20.6. The van der Waals surface area contributed by atoms with Gasteiger partial charge in [0.15, 0.2) is 17.0 Å². The van der Waals surface area contributed by atoms with Crippen molar-refractivity contribution in [1.82, 2.24) is 19.5 Å². The topological polar surface area (TPSA) is 159 Å². The number of aliphatic hydroxyl groups excluding tert-OH is 1. The van der Waals surface area contributed by atoms with Gasteiger partial charge >= 0.3 is 5.97 Å². The quantitative estimate of drug-likeness (QED) is 0.387. The average Bonchev–Trinajstić information content (AvgIpc) is 3.26. The van der Waals surface area contributed by atoms with Crippen molar-refractivity contribution in [2.24, 2.45) is 5.92 Å². The molecule has 2 aliphatic rings. The lowest BCUT2D eigenvalue weighted by Crippen LogP contribution is -2.10. The summed E-state index contributed by atoms with van der Waals surface area (Å²) < 4.78 is 2.01. The molecule has 10 nitrogen and oxygen atoms in total. The number of nitrogens with two attached hydrogens (primary N) is 1. The van der Waals surface area contributed by atoms with Crippen LogP contribution in [0.15, 0.2) is 42.7 Å². The van der Waals surface area contributed by atoms with Crippen molar-refractivity contribution in [1.29, 1.82) is 0 Å². The number of carboxylic acids is 1. The Kier molecular flexibility index (Phi) is 5.72. The Morgan fingerprint density at radius 3 is 2.61 bits per heavy atom. The van der Waals surface area contributed by atoms with E-state index in [1.807, 2.05) is 10.6 Å². The molecule has 2 aliphatic carbocycles. The predicted molar refractivity (Wildman–Crippen MR) is 115 cm³/mol. The summed E-state index contributed by atoms with van der Waals surface area (Å²) in [5.74, 6) is -0.128. The summed E-state index contributed by atoms with van der Waals surface area (Å²) in [5, 5.41) is 29.9. The van der Waals surface area contributed by atoms with Gasteiger partial charge in [-0.1, -0.05) is 24.3 Å². The fourth-order valence-electron chi connectivity index (χ4n) is 3.45. The van der Waals surface area contributed by atoms with E-state index in [4.69, 9.17) is 15.9 Å². The largest absolute Gasteiger partial charge is 0.507 e. The van der Waals surface area contributed by atoms with Crippen LogP contribution in [0.25, 0.3) is 11.2 Å². The number of hydrogen-bond donors (Lipinski definition) is 5. The summed E-state index contributed by atoms with van der Waals surface area (Å²) in [6.45, 7) is 0.172. The SMILES string of the molecule is Nc1nc(NC2CC2)c2ncn(C3C=CC(CO)C3)c2n1.O=C(O)c1ccccc1O. The van der Waals surface area contributed by atoms with Gasteiger partial charge in [-0.25, -0.2) is 9.78 Å². The smallest absolute Gasteiger partial charge is 0.339 e. The van der Waals surface area contributed by atoms with E-state index in [1.54, 1.807) is 18.5 Å². The molecule has 1 aromatic carbocycles. The highest BCUT2D eigenvalue weighted by Crippen LogP contribution is 2.32. The number of aromatic carboxylic acids is 1. The fraction of sp³-hybridized carbons (Fsp3) is 0.333. The number of carboxylic acid groups (broad SMARTS) is 1.